The van der Waals surface area contributed by atoms with E-state index in [0.717, 1.165) is 35.6 Å². The van der Waals surface area contributed by atoms with Crippen LogP contribution in [0.4, 0.5) is 0 Å². The summed E-state index contributed by atoms with van der Waals surface area (Å²) in [7, 11) is 2.06. The Morgan fingerprint density at radius 1 is 1.03 bits per heavy atom. The number of aromatic nitrogens is 3. The zero-order valence-corrected chi connectivity index (χ0v) is 18.7. The Kier molecular flexibility index (Phi) is 7.14. The van der Waals surface area contributed by atoms with Crippen LogP contribution in [0.5, 0.6) is 5.75 Å². The summed E-state index contributed by atoms with van der Waals surface area (Å²) in [5.41, 5.74) is 1.82. The Morgan fingerprint density at radius 3 is 2.71 bits per heavy atom. The standard InChI is InChI=1S/C25H25N5O4/c1-30(16-19-7-3-6-18-8-4-10-26-23(18)19)15-17-5-2-9-20(13-17)34-12-11-27-24(32)21-14-22(31)29-25(33)28-21/h2-10,13-14H,11-12,15-16H2,1H3,(H,27,32)(H2,28,29,31,33). The first kappa shape index (κ1) is 22.9. The lowest BCUT2D eigenvalue weighted by Crippen LogP contribution is -2.33. The summed E-state index contributed by atoms with van der Waals surface area (Å²) >= 11 is 0. The molecule has 9 heteroatoms. The third kappa shape index (κ3) is 5.96. The second kappa shape index (κ2) is 10.6. The van der Waals surface area contributed by atoms with E-state index in [4.69, 9.17) is 4.74 Å². The number of pyridine rings is 1. The molecule has 2 aromatic heterocycles. The minimum Gasteiger partial charge on any atom is -0.492 e. The smallest absolute Gasteiger partial charge is 0.326 e. The SMILES string of the molecule is CN(Cc1cccc(OCCNC(=O)c2cc(=O)[nH]c(=O)[nH]2)c1)Cc1cccc2cccnc12. The van der Waals surface area contributed by atoms with E-state index in [1.165, 1.54) is 5.56 Å². The van der Waals surface area contributed by atoms with E-state index < -0.39 is 17.2 Å². The molecule has 0 fully saturated rings. The molecule has 0 unspecified atom stereocenters. The first-order valence-corrected chi connectivity index (χ1v) is 10.8. The van der Waals surface area contributed by atoms with Crippen molar-refractivity contribution in [2.24, 2.45) is 0 Å². The van der Waals surface area contributed by atoms with E-state index >= 15 is 0 Å². The van der Waals surface area contributed by atoms with E-state index in [1.807, 2.05) is 47.6 Å². The molecule has 4 rings (SSSR count). The highest BCUT2D eigenvalue weighted by molar-refractivity contribution is 5.92. The zero-order valence-electron chi connectivity index (χ0n) is 18.7. The topological polar surface area (TPSA) is 120 Å². The second-order valence-corrected chi connectivity index (χ2v) is 7.92. The van der Waals surface area contributed by atoms with Gasteiger partial charge >= 0.3 is 5.69 Å². The van der Waals surface area contributed by atoms with Crippen molar-refractivity contribution in [1.82, 2.24) is 25.2 Å². The fourth-order valence-electron chi connectivity index (χ4n) is 3.71. The Labute approximate surface area is 195 Å². The average Bonchev–Trinajstić information content (AvgIpc) is 2.81. The summed E-state index contributed by atoms with van der Waals surface area (Å²) < 4.78 is 5.75. The molecule has 0 atom stereocenters. The Morgan fingerprint density at radius 2 is 1.85 bits per heavy atom. The van der Waals surface area contributed by atoms with Gasteiger partial charge in [0, 0.05) is 30.7 Å². The monoisotopic (exact) mass is 459 g/mol. The number of H-pyrrole nitrogens is 2. The number of para-hydroxylation sites is 1. The first-order valence-electron chi connectivity index (χ1n) is 10.8. The van der Waals surface area contributed by atoms with Gasteiger partial charge in [-0.2, -0.15) is 0 Å². The molecular formula is C25H25N5O4. The average molecular weight is 460 g/mol. The molecule has 3 N–H and O–H groups in total. The van der Waals surface area contributed by atoms with Gasteiger partial charge in [-0.15, -0.1) is 0 Å². The number of ether oxygens (including phenoxy) is 1. The third-order valence-electron chi connectivity index (χ3n) is 5.17. The molecule has 0 radical (unpaired) electrons. The zero-order chi connectivity index (χ0) is 23.9. The molecule has 174 valence electrons. The van der Waals surface area contributed by atoms with Crippen molar-refractivity contribution in [2.45, 2.75) is 13.1 Å². The molecule has 1 amide bonds. The number of fused-ring (bicyclic) bond motifs is 1. The van der Waals surface area contributed by atoms with E-state index in [9.17, 15) is 14.4 Å². The van der Waals surface area contributed by atoms with E-state index in [0.29, 0.717) is 5.75 Å². The van der Waals surface area contributed by atoms with E-state index in [2.05, 4.69) is 45.4 Å². The third-order valence-corrected chi connectivity index (χ3v) is 5.17. The maximum absolute atomic E-state index is 12.1. The summed E-state index contributed by atoms with van der Waals surface area (Å²) in [6.07, 6.45) is 1.81. The number of amides is 1. The van der Waals surface area contributed by atoms with E-state index in [-0.39, 0.29) is 18.8 Å². The molecular weight excluding hydrogens is 434 g/mol. The molecule has 0 saturated heterocycles. The number of aromatic amines is 2. The van der Waals surface area contributed by atoms with Gasteiger partial charge in [-0.05, 0) is 36.4 Å². The van der Waals surface area contributed by atoms with Gasteiger partial charge in [0.05, 0.1) is 12.1 Å². The van der Waals surface area contributed by atoms with E-state index in [1.54, 1.807) is 0 Å². The fraction of sp³-hybridized carbons (Fsp3) is 0.200. The summed E-state index contributed by atoms with van der Waals surface area (Å²) in [6.45, 7) is 1.94. The highest BCUT2D eigenvalue weighted by atomic mass is 16.5. The Balaban J connectivity index is 1.29. The summed E-state index contributed by atoms with van der Waals surface area (Å²) in [5, 5.41) is 3.74. The fourth-order valence-corrected chi connectivity index (χ4v) is 3.71. The van der Waals surface area contributed by atoms with Crippen LogP contribution in [0.2, 0.25) is 0 Å². The maximum atomic E-state index is 12.1. The van der Waals surface area contributed by atoms with Crippen LogP contribution >= 0.6 is 0 Å². The van der Waals surface area contributed by atoms with Gasteiger partial charge < -0.3 is 15.0 Å². The van der Waals surface area contributed by atoms with Gasteiger partial charge in [-0.3, -0.25) is 24.5 Å². The maximum Gasteiger partial charge on any atom is 0.326 e. The van der Waals surface area contributed by atoms with Crippen LogP contribution in [0.15, 0.2) is 76.4 Å². The van der Waals surface area contributed by atoms with Gasteiger partial charge in [0.1, 0.15) is 18.1 Å². The van der Waals surface area contributed by atoms with Crippen molar-refractivity contribution >= 4 is 16.8 Å². The number of rotatable bonds is 9. The highest BCUT2D eigenvalue weighted by Crippen LogP contribution is 2.19. The van der Waals surface area contributed by atoms with Crippen molar-refractivity contribution in [2.75, 3.05) is 20.2 Å². The molecule has 0 aliphatic carbocycles. The van der Waals surface area contributed by atoms with Crippen LogP contribution in [-0.2, 0) is 13.1 Å². The predicted octanol–water partition coefficient (Wildman–Crippen LogP) is 2.05. The number of nitrogens with one attached hydrogen (secondary N) is 3. The lowest BCUT2D eigenvalue weighted by atomic mass is 10.1. The molecule has 0 saturated carbocycles. The minimum atomic E-state index is -0.729. The van der Waals surface area contributed by atoms with Crippen LogP contribution < -0.4 is 21.3 Å². The quantitative estimate of drug-likeness (QED) is 0.330. The van der Waals surface area contributed by atoms with Crippen molar-refractivity contribution in [3.05, 3.63) is 105 Å². The largest absolute Gasteiger partial charge is 0.492 e. The van der Waals surface area contributed by atoms with Crippen LogP contribution in [0, 0.1) is 0 Å². The van der Waals surface area contributed by atoms with Crippen molar-refractivity contribution in [3.8, 4) is 5.75 Å². The molecule has 0 spiro atoms. The number of carbonyl (C=O) groups is 1. The van der Waals surface area contributed by atoms with Crippen molar-refractivity contribution < 1.29 is 9.53 Å². The van der Waals surface area contributed by atoms with Gasteiger partial charge in [-0.1, -0.05) is 36.4 Å². The van der Waals surface area contributed by atoms with Gasteiger partial charge in [0.2, 0.25) is 0 Å². The molecule has 0 bridgehead atoms. The Hall–Kier alpha value is -4.24. The molecule has 0 aliphatic rings. The number of hydrogen-bond donors (Lipinski definition) is 3. The first-order chi connectivity index (χ1) is 16.5. The molecule has 2 heterocycles. The van der Waals surface area contributed by atoms with Gasteiger partial charge in [0.15, 0.2) is 0 Å². The number of nitrogens with zero attached hydrogens (tertiary/aromatic N) is 2. The lowest BCUT2D eigenvalue weighted by Gasteiger charge is -2.18. The molecule has 2 aromatic carbocycles. The van der Waals surface area contributed by atoms with Crippen LogP contribution in [0.3, 0.4) is 0 Å². The number of benzene rings is 2. The van der Waals surface area contributed by atoms with Gasteiger partial charge in [0.25, 0.3) is 11.5 Å². The highest BCUT2D eigenvalue weighted by Gasteiger charge is 2.09. The van der Waals surface area contributed by atoms with Crippen LogP contribution in [-0.4, -0.2) is 46.0 Å². The molecule has 34 heavy (non-hydrogen) atoms. The Bertz CT molecular complexity index is 1380. The molecule has 4 aromatic rings. The van der Waals surface area contributed by atoms with Crippen molar-refractivity contribution in [3.63, 3.8) is 0 Å². The normalized spacial score (nSPS) is 11.0. The minimum absolute atomic E-state index is 0.0971. The molecule has 9 nitrogen and oxygen atoms in total. The number of hydrogen-bond acceptors (Lipinski definition) is 6. The van der Waals surface area contributed by atoms with Gasteiger partial charge in [-0.25, -0.2) is 4.79 Å². The van der Waals surface area contributed by atoms with Crippen LogP contribution in [0.1, 0.15) is 21.6 Å². The van der Waals surface area contributed by atoms with Crippen LogP contribution in [0.25, 0.3) is 10.9 Å². The summed E-state index contributed by atoms with van der Waals surface area (Å²) in [4.78, 5) is 45.7. The second-order valence-electron chi connectivity index (χ2n) is 7.92. The summed E-state index contributed by atoms with van der Waals surface area (Å²) in [5.74, 6) is 0.140. The summed E-state index contributed by atoms with van der Waals surface area (Å²) in [6, 6.07) is 19.0. The predicted molar refractivity (Wildman–Crippen MR) is 129 cm³/mol. The molecule has 0 aliphatic heterocycles. The lowest BCUT2D eigenvalue weighted by molar-refractivity contribution is 0.0941. The number of carbonyl (C=O) groups excluding carboxylic acids is 1. The van der Waals surface area contributed by atoms with Crippen molar-refractivity contribution in [1.29, 1.82) is 0 Å².